The SMILES string of the molecule is COC(=O)/C=C/c1cccc([N+](=O)[O-])c1NC(C)=O. The van der Waals surface area contributed by atoms with Gasteiger partial charge in [0.1, 0.15) is 5.69 Å². The average molecular weight is 264 g/mol. The second kappa shape index (κ2) is 6.29. The highest BCUT2D eigenvalue weighted by Gasteiger charge is 2.17. The van der Waals surface area contributed by atoms with E-state index in [4.69, 9.17) is 0 Å². The second-order valence-corrected chi connectivity index (χ2v) is 3.54. The van der Waals surface area contributed by atoms with E-state index in [-0.39, 0.29) is 11.4 Å². The average Bonchev–Trinajstić information content (AvgIpc) is 2.35. The highest BCUT2D eigenvalue weighted by atomic mass is 16.6. The third kappa shape index (κ3) is 3.91. The molecule has 7 nitrogen and oxygen atoms in total. The standard InChI is InChI=1S/C12H12N2O5/c1-8(15)13-12-9(6-7-11(16)19-2)4-3-5-10(12)14(17)18/h3-7H,1-2H3,(H,13,15)/b7-6+. The van der Waals surface area contributed by atoms with E-state index >= 15 is 0 Å². The minimum atomic E-state index is -0.610. The fraction of sp³-hybridized carbons (Fsp3) is 0.167. The third-order valence-corrected chi connectivity index (χ3v) is 2.17. The third-order valence-electron chi connectivity index (χ3n) is 2.17. The minimum absolute atomic E-state index is 0.0418. The molecule has 1 aromatic rings. The predicted octanol–water partition coefficient (Wildman–Crippen LogP) is 1.74. The first-order chi connectivity index (χ1) is 8.95. The van der Waals surface area contributed by atoms with Crippen LogP contribution < -0.4 is 5.32 Å². The van der Waals surface area contributed by atoms with Crippen LogP contribution in [-0.2, 0) is 14.3 Å². The van der Waals surface area contributed by atoms with Gasteiger partial charge >= 0.3 is 5.97 Å². The Balaban J connectivity index is 3.26. The van der Waals surface area contributed by atoms with E-state index in [2.05, 4.69) is 10.1 Å². The fourth-order valence-corrected chi connectivity index (χ4v) is 1.39. The number of hydrogen-bond donors (Lipinski definition) is 1. The number of carbonyl (C=O) groups is 2. The Morgan fingerprint density at radius 1 is 1.42 bits per heavy atom. The van der Waals surface area contributed by atoms with E-state index in [1.807, 2.05) is 0 Å². The van der Waals surface area contributed by atoms with E-state index in [0.717, 1.165) is 6.08 Å². The summed E-state index contributed by atoms with van der Waals surface area (Å²) in [6.45, 7) is 1.24. The molecule has 1 amide bonds. The molecule has 1 N–H and O–H groups in total. The molecule has 0 aromatic heterocycles. The van der Waals surface area contributed by atoms with Crippen molar-refractivity contribution >= 4 is 29.3 Å². The van der Waals surface area contributed by atoms with Crippen LogP contribution in [0.4, 0.5) is 11.4 Å². The van der Waals surface area contributed by atoms with E-state index in [1.165, 1.54) is 38.3 Å². The Hall–Kier alpha value is -2.70. The van der Waals surface area contributed by atoms with Crippen LogP contribution in [0.5, 0.6) is 0 Å². The topological polar surface area (TPSA) is 98.5 Å². The largest absolute Gasteiger partial charge is 0.466 e. The zero-order chi connectivity index (χ0) is 14.4. The predicted molar refractivity (Wildman–Crippen MR) is 68.5 cm³/mol. The van der Waals surface area contributed by atoms with Gasteiger partial charge in [0.25, 0.3) is 5.69 Å². The number of hydrogen-bond acceptors (Lipinski definition) is 5. The Kier molecular flexibility index (Phi) is 4.76. The molecule has 0 saturated carbocycles. The molecule has 100 valence electrons. The Morgan fingerprint density at radius 3 is 2.63 bits per heavy atom. The molecule has 0 unspecified atom stereocenters. The number of nitro benzene ring substituents is 1. The summed E-state index contributed by atoms with van der Waals surface area (Å²) in [6.07, 6.45) is 2.45. The van der Waals surface area contributed by atoms with Crippen molar-refractivity contribution in [1.82, 2.24) is 0 Å². The molecular formula is C12H12N2O5. The van der Waals surface area contributed by atoms with Crippen LogP contribution >= 0.6 is 0 Å². The van der Waals surface area contributed by atoms with Gasteiger partial charge in [-0.2, -0.15) is 0 Å². The van der Waals surface area contributed by atoms with Gasteiger partial charge in [0, 0.05) is 24.6 Å². The van der Waals surface area contributed by atoms with Crippen molar-refractivity contribution in [3.05, 3.63) is 40.0 Å². The minimum Gasteiger partial charge on any atom is -0.466 e. The van der Waals surface area contributed by atoms with Crippen LogP contribution in [0.25, 0.3) is 6.08 Å². The maximum atomic E-state index is 11.1. The van der Waals surface area contributed by atoms with Crippen molar-refractivity contribution in [3.8, 4) is 0 Å². The maximum Gasteiger partial charge on any atom is 0.330 e. The number of nitro groups is 1. The second-order valence-electron chi connectivity index (χ2n) is 3.54. The molecule has 0 radical (unpaired) electrons. The molecular weight excluding hydrogens is 252 g/mol. The number of benzene rings is 1. The Bertz CT molecular complexity index is 551. The number of nitrogens with one attached hydrogen (secondary N) is 1. The fourth-order valence-electron chi connectivity index (χ4n) is 1.39. The molecule has 0 bridgehead atoms. The van der Waals surface area contributed by atoms with Gasteiger partial charge in [-0.05, 0) is 6.08 Å². The van der Waals surface area contributed by atoms with Crippen molar-refractivity contribution in [3.63, 3.8) is 0 Å². The number of para-hydroxylation sites is 1. The van der Waals surface area contributed by atoms with E-state index < -0.39 is 16.8 Å². The number of ether oxygens (including phenoxy) is 1. The summed E-state index contributed by atoms with van der Waals surface area (Å²) in [4.78, 5) is 32.4. The number of amides is 1. The normalized spacial score (nSPS) is 10.2. The Labute approximate surface area is 109 Å². The van der Waals surface area contributed by atoms with Crippen LogP contribution in [0.15, 0.2) is 24.3 Å². The number of anilines is 1. The molecule has 1 aromatic carbocycles. The summed E-state index contributed by atoms with van der Waals surface area (Å²) in [5.74, 6) is -1.04. The quantitative estimate of drug-likeness (QED) is 0.386. The Morgan fingerprint density at radius 2 is 2.11 bits per heavy atom. The van der Waals surface area contributed by atoms with Gasteiger partial charge in [-0.1, -0.05) is 12.1 Å². The maximum absolute atomic E-state index is 11.1. The number of methoxy groups -OCH3 is 1. The first-order valence-electron chi connectivity index (χ1n) is 5.26. The van der Waals surface area contributed by atoms with Gasteiger partial charge in [0.2, 0.25) is 5.91 Å². The number of nitrogens with zero attached hydrogens (tertiary/aromatic N) is 1. The van der Waals surface area contributed by atoms with E-state index in [9.17, 15) is 19.7 Å². The van der Waals surface area contributed by atoms with Crippen molar-refractivity contribution in [2.24, 2.45) is 0 Å². The lowest BCUT2D eigenvalue weighted by atomic mass is 10.1. The van der Waals surface area contributed by atoms with Gasteiger partial charge < -0.3 is 10.1 Å². The van der Waals surface area contributed by atoms with Crippen molar-refractivity contribution in [2.45, 2.75) is 6.92 Å². The first-order valence-corrected chi connectivity index (χ1v) is 5.26. The van der Waals surface area contributed by atoms with E-state index in [1.54, 1.807) is 0 Å². The molecule has 0 atom stereocenters. The molecule has 0 spiro atoms. The number of carbonyl (C=O) groups excluding carboxylic acids is 2. The first kappa shape index (κ1) is 14.4. The molecule has 0 heterocycles. The number of rotatable bonds is 4. The van der Waals surface area contributed by atoms with Crippen LogP contribution in [0.3, 0.4) is 0 Å². The van der Waals surface area contributed by atoms with E-state index in [0.29, 0.717) is 5.56 Å². The molecule has 0 fully saturated rings. The zero-order valence-electron chi connectivity index (χ0n) is 10.4. The smallest absolute Gasteiger partial charge is 0.330 e. The summed E-state index contributed by atoms with van der Waals surface area (Å²) < 4.78 is 4.42. The summed E-state index contributed by atoms with van der Waals surface area (Å²) in [7, 11) is 1.22. The van der Waals surface area contributed by atoms with Gasteiger partial charge in [-0.3, -0.25) is 14.9 Å². The van der Waals surface area contributed by atoms with Crippen LogP contribution in [0, 0.1) is 10.1 Å². The molecule has 1 rings (SSSR count). The lowest BCUT2D eigenvalue weighted by molar-refractivity contribution is -0.383. The number of esters is 1. The lowest BCUT2D eigenvalue weighted by Gasteiger charge is -2.07. The van der Waals surface area contributed by atoms with Crippen LogP contribution in [-0.4, -0.2) is 23.9 Å². The van der Waals surface area contributed by atoms with Crippen molar-refractivity contribution in [1.29, 1.82) is 0 Å². The highest BCUT2D eigenvalue weighted by molar-refractivity contribution is 5.96. The molecule has 0 aliphatic carbocycles. The summed E-state index contributed by atoms with van der Waals surface area (Å²) in [6, 6.07) is 4.26. The van der Waals surface area contributed by atoms with Gasteiger partial charge in [-0.15, -0.1) is 0 Å². The molecule has 7 heteroatoms. The zero-order valence-corrected chi connectivity index (χ0v) is 10.4. The molecule has 0 aliphatic heterocycles. The molecule has 0 aliphatic rings. The highest BCUT2D eigenvalue weighted by Crippen LogP contribution is 2.29. The van der Waals surface area contributed by atoms with Crippen LogP contribution in [0.1, 0.15) is 12.5 Å². The summed E-state index contributed by atoms with van der Waals surface area (Å²) in [5, 5.41) is 13.3. The van der Waals surface area contributed by atoms with Crippen molar-refractivity contribution < 1.29 is 19.2 Å². The monoisotopic (exact) mass is 264 g/mol. The summed E-state index contributed by atoms with van der Waals surface area (Å²) in [5.41, 5.74) is 0.136. The lowest BCUT2D eigenvalue weighted by Crippen LogP contribution is -2.09. The molecule has 19 heavy (non-hydrogen) atoms. The summed E-state index contributed by atoms with van der Waals surface area (Å²) >= 11 is 0. The van der Waals surface area contributed by atoms with Gasteiger partial charge in [-0.25, -0.2) is 4.79 Å². The van der Waals surface area contributed by atoms with Crippen molar-refractivity contribution in [2.75, 3.05) is 12.4 Å². The van der Waals surface area contributed by atoms with Gasteiger partial charge in [0.05, 0.1) is 12.0 Å². The molecule has 0 saturated heterocycles. The van der Waals surface area contributed by atoms with Crippen LogP contribution in [0.2, 0.25) is 0 Å². The van der Waals surface area contributed by atoms with Gasteiger partial charge in [0.15, 0.2) is 0 Å².